The minimum absolute atomic E-state index is 0.271. The first-order chi connectivity index (χ1) is 10.6. The fraction of sp³-hybridized carbons (Fsp3) is 0.375. The van der Waals surface area contributed by atoms with Crippen LogP contribution in [0.3, 0.4) is 0 Å². The summed E-state index contributed by atoms with van der Waals surface area (Å²) in [5, 5.41) is 0. The third-order valence-electron chi connectivity index (χ3n) is 3.97. The smallest absolute Gasteiger partial charge is 0.277 e. The number of benzene rings is 1. The Kier molecular flexibility index (Phi) is 3.85. The zero-order chi connectivity index (χ0) is 15.7. The number of nitrogens with zero attached hydrogens (tertiary/aromatic N) is 2. The molecule has 22 heavy (non-hydrogen) atoms. The minimum atomic E-state index is -0.295. The lowest BCUT2D eigenvalue weighted by Crippen LogP contribution is -2.39. The summed E-state index contributed by atoms with van der Waals surface area (Å²) in [5.74, 6) is 0.0171. The zero-order valence-electron chi connectivity index (χ0n) is 12.7. The first-order valence-electron chi connectivity index (χ1n) is 7.18. The molecular formula is C16H18N2O4. The van der Waals surface area contributed by atoms with E-state index in [2.05, 4.69) is 0 Å². The number of likely N-dealkylation sites (N-methyl/N-ethyl adjacent to an activating group) is 1. The second-order valence-electron chi connectivity index (χ2n) is 5.19. The van der Waals surface area contributed by atoms with Crippen molar-refractivity contribution in [2.75, 3.05) is 40.5 Å². The van der Waals surface area contributed by atoms with Gasteiger partial charge in [0.25, 0.3) is 11.8 Å². The first-order valence-corrected chi connectivity index (χ1v) is 7.18. The third-order valence-corrected chi connectivity index (χ3v) is 3.97. The number of morpholine rings is 1. The molecule has 6 nitrogen and oxygen atoms in total. The van der Waals surface area contributed by atoms with Gasteiger partial charge in [0.2, 0.25) is 0 Å². The van der Waals surface area contributed by atoms with Gasteiger partial charge in [-0.2, -0.15) is 0 Å². The second kappa shape index (κ2) is 5.81. The van der Waals surface area contributed by atoms with Crippen molar-refractivity contribution in [1.29, 1.82) is 0 Å². The van der Waals surface area contributed by atoms with Crippen LogP contribution in [-0.2, 0) is 14.3 Å². The van der Waals surface area contributed by atoms with Gasteiger partial charge in [0.15, 0.2) is 0 Å². The Morgan fingerprint density at radius 1 is 1.09 bits per heavy atom. The third kappa shape index (κ3) is 2.25. The molecule has 1 aromatic rings. The topological polar surface area (TPSA) is 59.1 Å². The summed E-state index contributed by atoms with van der Waals surface area (Å²) in [4.78, 5) is 28.2. The molecule has 116 valence electrons. The van der Waals surface area contributed by atoms with E-state index in [1.807, 2.05) is 17.0 Å². The minimum Gasteiger partial charge on any atom is -0.496 e. The summed E-state index contributed by atoms with van der Waals surface area (Å²) in [6.45, 7) is 2.30. The first kappa shape index (κ1) is 14.6. The fourth-order valence-electron chi connectivity index (χ4n) is 2.80. The number of methoxy groups -OCH3 is 1. The number of carbonyl (C=O) groups excluding carboxylic acids is 2. The van der Waals surface area contributed by atoms with E-state index in [1.54, 1.807) is 19.2 Å². The summed E-state index contributed by atoms with van der Waals surface area (Å²) in [5.41, 5.74) is 1.50. The highest BCUT2D eigenvalue weighted by atomic mass is 16.5. The van der Waals surface area contributed by atoms with Crippen molar-refractivity contribution in [2.24, 2.45) is 0 Å². The van der Waals surface area contributed by atoms with Crippen LogP contribution in [0, 0.1) is 0 Å². The lowest BCUT2D eigenvalue weighted by molar-refractivity contribution is -0.136. The second-order valence-corrected chi connectivity index (χ2v) is 5.19. The molecule has 0 radical (unpaired) electrons. The van der Waals surface area contributed by atoms with Crippen LogP contribution in [0.15, 0.2) is 30.0 Å². The SMILES string of the molecule is COc1ccccc1C1=C(N2CCOCC2)C(=O)N(C)C1=O. The van der Waals surface area contributed by atoms with E-state index < -0.39 is 0 Å². The lowest BCUT2D eigenvalue weighted by atomic mass is 10.0. The Labute approximate surface area is 128 Å². The van der Waals surface area contributed by atoms with E-state index in [0.717, 1.165) is 4.90 Å². The van der Waals surface area contributed by atoms with Crippen molar-refractivity contribution in [2.45, 2.75) is 0 Å². The Hall–Kier alpha value is -2.34. The fourth-order valence-corrected chi connectivity index (χ4v) is 2.80. The number of para-hydroxylation sites is 1. The van der Waals surface area contributed by atoms with Gasteiger partial charge in [0, 0.05) is 25.7 Å². The van der Waals surface area contributed by atoms with Crippen molar-refractivity contribution < 1.29 is 19.1 Å². The molecule has 1 fully saturated rings. The molecule has 0 atom stereocenters. The molecule has 0 bridgehead atoms. The Balaban J connectivity index is 2.15. The number of imide groups is 1. The molecule has 0 unspecified atom stereocenters. The summed E-state index contributed by atoms with van der Waals surface area (Å²) in [6.07, 6.45) is 0. The van der Waals surface area contributed by atoms with E-state index in [9.17, 15) is 9.59 Å². The maximum atomic E-state index is 12.6. The maximum Gasteiger partial charge on any atom is 0.277 e. The van der Waals surface area contributed by atoms with Gasteiger partial charge in [-0.3, -0.25) is 14.5 Å². The molecule has 2 amide bonds. The molecule has 0 N–H and O–H groups in total. The number of hydrogen-bond acceptors (Lipinski definition) is 5. The zero-order valence-corrected chi connectivity index (χ0v) is 12.7. The average Bonchev–Trinajstić information content (AvgIpc) is 2.79. The van der Waals surface area contributed by atoms with Gasteiger partial charge >= 0.3 is 0 Å². The standard InChI is InChI=1S/C16H18N2O4/c1-17-15(19)13(11-5-3-4-6-12(11)21-2)14(16(17)20)18-7-9-22-10-8-18/h3-6H,7-10H2,1-2H3. The van der Waals surface area contributed by atoms with E-state index in [4.69, 9.17) is 9.47 Å². The van der Waals surface area contributed by atoms with Gasteiger partial charge in [-0.15, -0.1) is 0 Å². The molecule has 1 aromatic carbocycles. The van der Waals surface area contributed by atoms with Gasteiger partial charge in [-0.1, -0.05) is 18.2 Å². The molecule has 2 aliphatic rings. The molecule has 2 aliphatic heterocycles. The van der Waals surface area contributed by atoms with Gasteiger partial charge < -0.3 is 14.4 Å². The molecule has 0 aromatic heterocycles. The molecule has 0 aliphatic carbocycles. The highest BCUT2D eigenvalue weighted by molar-refractivity contribution is 6.35. The normalized spacial score (nSPS) is 19.2. The van der Waals surface area contributed by atoms with Crippen LogP contribution in [0.25, 0.3) is 5.57 Å². The molecule has 6 heteroatoms. The Bertz CT molecular complexity index is 647. The van der Waals surface area contributed by atoms with Crippen LogP contribution in [0.2, 0.25) is 0 Å². The van der Waals surface area contributed by atoms with Crippen molar-refractivity contribution in [3.63, 3.8) is 0 Å². The lowest BCUT2D eigenvalue weighted by Gasteiger charge is -2.29. The van der Waals surface area contributed by atoms with Crippen molar-refractivity contribution in [3.05, 3.63) is 35.5 Å². The number of ether oxygens (including phenoxy) is 2. The molecule has 2 heterocycles. The van der Waals surface area contributed by atoms with Crippen LogP contribution in [0.4, 0.5) is 0 Å². The molecule has 1 saturated heterocycles. The maximum absolute atomic E-state index is 12.6. The van der Waals surface area contributed by atoms with Crippen LogP contribution < -0.4 is 4.74 Å². The largest absolute Gasteiger partial charge is 0.496 e. The monoisotopic (exact) mass is 302 g/mol. The van der Waals surface area contributed by atoms with Crippen molar-refractivity contribution >= 4 is 17.4 Å². The predicted molar refractivity (Wildman–Crippen MR) is 80.1 cm³/mol. The van der Waals surface area contributed by atoms with Crippen LogP contribution in [0.5, 0.6) is 5.75 Å². The highest BCUT2D eigenvalue weighted by Gasteiger charge is 2.40. The van der Waals surface area contributed by atoms with Crippen molar-refractivity contribution in [3.8, 4) is 5.75 Å². The summed E-state index contributed by atoms with van der Waals surface area (Å²) < 4.78 is 10.7. The van der Waals surface area contributed by atoms with E-state index in [-0.39, 0.29) is 11.8 Å². The van der Waals surface area contributed by atoms with Gasteiger partial charge in [0.05, 0.1) is 25.9 Å². The predicted octanol–water partition coefficient (Wildman–Crippen LogP) is 0.737. The Morgan fingerprint density at radius 3 is 2.45 bits per heavy atom. The van der Waals surface area contributed by atoms with E-state index in [1.165, 1.54) is 7.05 Å². The van der Waals surface area contributed by atoms with Gasteiger partial charge in [-0.05, 0) is 6.07 Å². The number of carbonyl (C=O) groups is 2. The molecule has 3 rings (SSSR count). The van der Waals surface area contributed by atoms with E-state index >= 15 is 0 Å². The Morgan fingerprint density at radius 2 is 1.77 bits per heavy atom. The number of amides is 2. The molecular weight excluding hydrogens is 284 g/mol. The average molecular weight is 302 g/mol. The van der Waals surface area contributed by atoms with Crippen LogP contribution >= 0.6 is 0 Å². The van der Waals surface area contributed by atoms with Gasteiger partial charge in [0.1, 0.15) is 11.4 Å². The van der Waals surface area contributed by atoms with E-state index in [0.29, 0.717) is 48.9 Å². The van der Waals surface area contributed by atoms with Crippen LogP contribution in [-0.4, -0.2) is 62.1 Å². The summed E-state index contributed by atoms with van der Waals surface area (Å²) >= 11 is 0. The molecule has 0 spiro atoms. The quantitative estimate of drug-likeness (QED) is 0.771. The summed E-state index contributed by atoms with van der Waals surface area (Å²) in [7, 11) is 3.06. The van der Waals surface area contributed by atoms with Crippen molar-refractivity contribution in [1.82, 2.24) is 9.80 Å². The van der Waals surface area contributed by atoms with Gasteiger partial charge in [-0.25, -0.2) is 0 Å². The summed E-state index contributed by atoms with van der Waals surface area (Å²) in [6, 6.07) is 7.26. The van der Waals surface area contributed by atoms with Crippen LogP contribution in [0.1, 0.15) is 5.56 Å². The number of rotatable bonds is 3. The number of hydrogen-bond donors (Lipinski definition) is 0. The molecule has 0 saturated carbocycles. The highest BCUT2D eigenvalue weighted by Crippen LogP contribution is 2.35.